The van der Waals surface area contributed by atoms with Gasteiger partial charge in [-0.15, -0.1) is 22.9 Å². The van der Waals surface area contributed by atoms with E-state index in [1.165, 1.54) is 4.88 Å². The molecule has 1 aromatic heterocycles. The average molecular weight is 336 g/mol. The molecule has 1 atom stereocenters. The Morgan fingerprint density at radius 1 is 1.31 bits per heavy atom. The molecule has 0 amide bonds. The van der Waals surface area contributed by atoms with E-state index in [0.29, 0.717) is 5.02 Å². The summed E-state index contributed by atoms with van der Waals surface area (Å²) in [5.41, 5.74) is 1.02. The van der Waals surface area contributed by atoms with Crippen LogP contribution in [0, 0.1) is 6.92 Å². The van der Waals surface area contributed by atoms with Gasteiger partial charge in [0, 0.05) is 19.2 Å². The van der Waals surface area contributed by atoms with Crippen LogP contribution in [0.25, 0.3) is 0 Å². The first-order valence-corrected chi connectivity index (χ1v) is 7.15. The normalized spacial score (nSPS) is 12.8. The molecule has 1 unspecified atom stereocenters. The number of thiophene rings is 1. The third kappa shape index (κ3) is 2.62. The Kier molecular flexibility index (Phi) is 3.96. The lowest BCUT2D eigenvalue weighted by Gasteiger charge is -2.08. The molecule has 0 aliphatic carbocycles. The smallest absolute Gasteiger partial charge is 0.0939 e. The predicted molar refractivity (Wildman–Crippen MR) is 75.9 cm³/mol. The zero-order chi connectivity index (χ0) is 11.7. The number of halogens is 3. The highest BCUT2D eigenvalue weighted by atomic mass is 79.9. The molecule has 2 aromatic rings. The van der Waals surface area contributed by atoms with E-state index in [4.69, 9.17) is 23.2 Å². The standard InChI is InChI=1S/C12H9BrCl2S/c1-7-5-10(13)12(16-7)11(15)8-3-2-4-9(14)6-8/h2-6,11H,1H3. The number of alkyl halides is 1. The Bertz CT molecular complexity index is 507. The van der Waals surface area contributed by atoms with Gasteiger partial charge in [0.05, 0.1) is 5.38 Å². The fourth-order valence-electron chi connectivity index (χ4n) is 1.49. The van der Waals surface area contributed by atoms with Gasteiger partial charge in [-0.1, -0.05) is 23.7 Å². The lowest BCUT2D eigenvalue weighted by molar-refractivity contribution is 1.17. The molecule has 1 heterocycles. The molecule has 0 saturated heterocycles. The third-order valence-corrected chi connectivity index (χ3v) is 5.08. The number of aryl methyl sites for hydroxylation is 1. The lowest BCUT2D eigenvalue weighted by atomic mass is 10.1. The van der Waals surface area contributed by atoms with Crippen molar-refractivity contribution in [1.82, 2.24) is 0 Å². The summed E-state index contributed by atoms with van der Waals surface area (Å²) in [6.45, 7) is 2.07. The van der Waals surface area contributed by atoms with E-state index in [1.807, 2.05) is 24.3 Å². The first-order chi connectivity index (χ1) is 7.58. The quantitative estimate of drug-likeness (QED) is 0.608. The van der Waals surface area contributed by atoms with Crippen molar-refractivity contribution in [2.45, 2.75) is 12.3 Å². The van der Waals surface area contributed by atoms with E-state index in [0.717, 1.165) is 14.9 Å². The predicted octanol–water partition coefficient (Wildman–Crippen LogP) is 5.80. The topological polar surface area (TPSA) is 0 Å². The molecule has 2 rings (SSSR count). The van der Waals surface area contributed by atoms with Gasteiger partial charge in [-0.05, 0) is 46.6 Å². The number of hydrogen-bond acceptors (Lipinski definition) is 1. The molecule has 0 N–H and O–H groups in total. The van der Waals surface area contributed by atoms with E-state index in [-0.39, 0.29) is 5.38 Å². The highest BCUT2D eigenvalue weighted by molar-refractivity contribution is 9.10. The van der Waals surface area contributed by atoms with Crippen molar-refractivity contribution in [2.75, 3.05) is 0 Å². The molecule has 0 bridgehead atoms. The van der Waals surface area contributed by atoms with Gasteiger partial charge in [0.25, 0.3) is 0 Å². The second-order valence-electron chi connectivity index (χ2n) is 3.49. The number of hydrogen-bond donors (Lipinski definition) is 0. The van der Waals surface area contributed by atoms with Gasteiger partial charge in [-0.3, -0.25) is 0 Å². The van der Waals surface area contributed by atoms with Crippen molar-refractivity contribution in [3.05, 3.63) is 55.1 Å². The first-order valence-electron chi connectivity index (χ1n) is 4.73. The molecule has 0 fully saturated rings. The van der Waals surface area contributed by atoms with Crippen LogP contribution in [-0.2, 0) is 0 Å². The van der Waals surface area contributed by atoms with Crippen LogP contribution in [0.4, 0.5) is 0 Å². The van der Waals surface area contributed by atoms with Crippen molar-refractivity contribution < 1.29 is 0 Å². The van der Waals surface area contributed by atoms with Crippen LogP contribution in [0.2, 0.25) is 5.02 Å². The Labute approximate surface area is 117 Å². The second-order valence-corrected chi connectivity index (χ2v) is 6.50. The van der Waals surface area contributed by atoms with Crippen molar-refractivity contribution in [3.63, 3.8) is 0 Å². The Balaban J connectivity index is 2.38. The van der Waals surface area contributed by atoms with Crippen LogP contribution in [0.5, 0.6) is 0 Å². The molecular weight excluding hydrogens is 327 g/mol. The van der Waals surface area contributed by atoms with E-state index in [2.05, 4.69) is 28.9 Å². The summed E-state index contributed by atoms with van der Waals surface area (Å²) < 4.78 is 1.06. The molecule has 84 valence electrons. The highest BCUT2D eigenvalue weighted by Crippen LogP contribution is 2.39. The van der Waals surface area contributed by atoms with Crippen LogP contribution in [-0.4, -0.2) is 0 Å². The number of rotatable bonds is 2. The first kappa shape index (κ1) is 12.4. The minimum Gasteiger partial charge on any atom is -0.143 e. The molecular formula is C12H9BrCl2S. The van der Waals surface area contributed by atoms with Gasteiger partial charge in [0.15, 0.2) is 0 Å². The van der Waals surface area contributed by atoms with Crippen molar-refractivity contribution >= 4 is 50.5 Å². The summed E-state index contributed by atoms with van der Waals surface area (Å²) in [4.78, 5) is 2.37. The summed E-state index contributed by atoms with van der Waals surface area (Å²) in [6, 6.07) is 9.75. The summed E-state index contributed by atoms with van der Waals surface area (Å²) in [6.07, 6.45) is 0. The van der Waals surface area contributed by atoms with Gasteiger partial charge in [-0.2, -0.15) is 0 Å². The van der Waals surface area contributed by atoms with Crippen LogP contribution in [0.3, 0.4) is 0 Å². The third-order valence-electron chi connectivity index (χ3n) is 2.21. The maximum Gasteiger partial charge on any atom is 0.0939 e. The minimum absolute atomic E-state index is 0.147. The second kappa shape index (κ2) is 5.09. The minimum atomic E-state index is -0.147. The van der Waals surface area contributed by atoms with Crippen molar-refractivity contribution in [3.8, 4) is 0 Å². The van der Waals surface area contributed by atoms with Crippen LogP contribution in [0.1, 0.15) is 20.7 Å². The molecule has 1 aromatic carbocycles. The maximum absolute atomic E-state index is 6.44. The van der Waals surface area contributed by atoms with Crippen LogP contribution < -0.4 is 0 Å². The Hall–Kier alpha value is -0.0200. The summed E-state index contributed by atoms with van der Waals surface area (Å²) in [5.74, 6) is 0. The SMILES string of the molecule is Cc1cc(Br)c(C(Cl)c2cccc(Cl)c2)s1. The fourth-order valence-corrected chi connectivity index (χ4v) is 4.09. The van der Waals surface area contributed by atoms with E-state index < -0.39 is 0 Å². The molecule has 0 spiro atoms. The van der Waals surface area contributed by atoms with Gasteiger partial charge < -0.3 is 0 Å². The largest absolute Gasteiger partial charge is 0.143 e. The summed E-state index contributed by atoms with van der Waals surface area (Å²) in [5, 5.41) is 0.569. The number of benzene rings is 1. The molecule has 0 aliphatic heterocycles. The Morgan fingerprint density at radius 2 is 2.06 bits per heavy atom. The highest BCUT2D eigenvalue weighted by Gasteiger charge is 2.16. The fraction of sp³-hybridized carbons (Fsp3) is 0.167. The summed E-state index contributed by atoms with van der Waals surface area (Å²) in [7, 11) is 0. The average Bonchev–Trinajstić information content (AvgIpc) is 2.57. The molecule has 0 radical (unpaired) electrons. The van der Waals surface area contributed by atoms with Crippen LogP contribution in [0.15, 0.2) is 34.8 Å². The van der Waals surface area contributed by atoms with E-state index in [1.54, 1.807) is 11.3 Å². The zero-order valence-electron chi connectivity index (χ0n) is 8.51. The molecule has 0 nitrogen and oxygen atoms in total. The van der Waals surface area contributed by atoms with Gasteiger partial charge in [0.2, 0.25) is 0 Å². The molecule has 0 aliphatic rings. The van der Waals surface area contributed by atoms with Crippen LogP contribution >= 0.6 is 50.5 Å². The summed E-state index contributed by atoms with van der Waals surface area (Å²) >= 11 is 17.6. The maximum atomic E-state index is 6.44. The van der Waals surface area contributed by atoms with Gasteiger partial charge >= 0.3 is 0 Å². The zero-order valence-corrected chi connectivity index (χ0v) is 12.4. The van der Waals surface area contributed by atoms with Crippen molar-refractivity contribution in [2.24, 2.45) is 0 Å². The Morgan fingerprint density at radius 3 is 2.62 bits per heavy atom. The molecule has 16 heavy (non-hydrogen) atoms. The van der Waals surface area contributed by atoms with Crippen molar-refractivity contribution in [1.29, 1.82) is 0 Å². The van der Waals surface area contributed by atoms with E-state index >= 15 is 0 Å². The monoisotopic (exact) mass is 334 g/mol. The molecule has 4 heteroatoms. The van der Waals surface area contributed by atoms with Gasteiger partial charge in [-0.25, -0.2) is 0 Å². The molecule has 0 saturated carbocycles. The lowest BCUT2D eigenvalue weighted by Crippen LogP contribution is -1.90. The van der Waals surface area contributed by atoms with E-state index in [9.17, 15) is 0 Å². The van der Waals surface area contributed by atoms with Gasteiger partial charge in [0.1, 0.15) is 0 Å².